The van der Waals surface area contributed by atoms with Gasteiger partial charge in [0.1, 0.15) is 5.82 Å². The summed E-state index contributed by atoms with van der Waals surface area (Å²) in [6.45, 7) is 1.31. The van der Waals surface area contributed by atoms with Crippen LogP contribution in [0.3, 0.4) is 0 Å². The molecule has 1 aliphatic heterocycles. The van der Waals surface area contributed by atoms with Crippen LogP contribution in [0.5, 0.6) is 0 Å². The second-order valence-corrected chi connectivity index (χ2v) is 6.80. The molecule has 1 N–H and O–H groups in total. The fraction of sp³-hybridized carbons (Fsp3) is 0.278. The quantitative estimate of drug-likeness (QED) is 0.764. The number of carbonyl (C=O) groups is 1. The maximum Gasteiger partial charge on any atom is 0.231 e. The number of hydrogen-bond acceptors (Lipinski definition) is 4. The van der Waals surface area contributed by atoms with Crippen molar-refractivity contribution in [1.82, 2.24) is 14.6 Å². The molecule has 0 bridgehead atoms. The minimum atomic E-state index is -0.375. The number of halogens is 2. The summed E-state index contributed by atoms with van der Waals surface area (Å²) < 4.78 is 15.1. The number of carbonyl (C=O) groups excluding carboxylic acids is 1. The van der Waals surface area contributed by atoms with Gasteiger partial charge in [0.05, 0.1) is 10.9 Å². The predicted octanol–water partition coefficient (Wildman–Crippen LogP) is 3.38. The van der Waals surface area contributed by atoms with Crippen LogP contribution in [-0.2, 0) is 4.79 Å². The third kappa shape index (κ3) is 3.35. The van der Waals surface area contributed by atoms with E-state index in [0.717, 1.165) is 19.4 Å². The Balaban J connectivity index is 1.51. The van der Waals surface area contributed by atoms with Crippen LogP contribution in [0, 0.1) is 11.7 Å². The topological polar surface area (TPSA) is 62.5 Å². The molecule has 0 aliphatic carbocycles. The number of rotatable bonds is 3. The smallest absolute Gasteiger partial charge is 0.231 e. The lowest BCUT2D eigenvalue weighted by Crippen LogP contribution is -2.41. The van der Waals surface area contributed by atoms with Gasteiger partial charge in [0.15, 0.2) is 5.65 Å². The van der Waals surface area contributed by atoms with E-state index in [1.165, 1.54) is 12.1 Å². The van der Waals surface area contributed by atoms with Gasteiger partial charge in [-0.05, 0) is 43.2 Å². The second kappa shape index (κ2) is 6.92. The number of nitrogens with one attached hydrogen (secondary N) is 1. The SMILES string of the molecule is O=C(Nc1cccc(F)c1)[C@@H]1CCCN(c2nnc3ccc(Cl)cn23)C1. The number of hydrogen-bond donors (Lipinski definition) is 1. The number of amides is 1. The van der Waals surface area contributed by atoms with Gasteiger partial charge in [0.2, 0.25) is 11.9 Å². The van der Waals surface area contributed by atoms with Crippen molar-refractivity contribution >= 4 is 34.8 Å². The summed E-state index contributed by atoms with van der Waals surface area (Å²) in [4.78, 5) is 14.6. The zero-order valence-electron chi connectivity index (χ0n) is 13.9. The first-order valence-electron chi connectivity index (χ1n) is 8.42. The zero-order valence-corrected chi connectivity index (χ0v) is 14.7. The van der Waals surface area contributed by atoms with Crippen molar-refractivity contribution in [2.24, 2.45) is 5.92 Å². The van der Waals surface area contributed by atoms with Crippen LogP contribution < -0.4 is 10.2 Å². The van der Waals surface area contributed by atoms with Crippen molar-refractivity contribution in [3.05, 3.63) is 53.4 Å². The van der Waals surface area contributed by atoms with Gasteiger partial charge in [-0.3, -0.25) is 9.20 Å². The van der Waals surface area contributed by atoms with Crippen LogP contribution in [0.25, 0.3) is 5.65 Å². The molecule has 0 unspecified atom stereocenters. The average molecular weight is 374 g/mol. The van der Waals surface area contributed by atoms with E-state index in [1.54, 1.807) is 30.5 Å². The molecular weight excluding hydrogens is 357 g/mol. The van der Waals surface area contributed by atoms with Gasteiger partial charge in [-0.1, -0.05) is 17.7 Å². The molecule has 8 heteroatoms. The number of benzene rings is 1. The van der Waals surface area contributed by atoms with Gasteiger partial charge in [-0.25, -0.2) is 4.39 Å². The summed E-state index contributed by atoms with van der Waals surface area (Å²) >= 11 is 6.08. The van der Waals surface area contributed by atoms with Crippen LogP contribution >= 0.6 is 11.6 Å². The highest BCUT2D eigenvalue weighted by Gasteiger charge is 2.28. The molecule has 0 saturated carbocycles. The Labute approximate surface area is 154 Å². The minimum Gasteiger partial charge on any atom is -0.340 e. The Morgan fingerprint density at radius 2 is 2.15 bits per heavy atom. The monoisotopic (exact) mass is 373 g/mol. The van der Waals surface area contributed by atoms with E-state index < -0.39 is 0 Å². The third-order valence-electron chi connectivity index (χ3n) is 4.52. The van der Waals surface area contributed by atoms with Gasteiger partial charge in [0.25, 0.3) is 0 Å². The minimum absolute atomic E-state index is 0.118. The highest BCUT2D eigenvalue weighted by molar-refractivity contribution is 6.30. The van der Waals surface area contributed by atoms with Crippen LogP contribution in [0.4, 0.5) is 16.0 Å². The molecule has 0 spiro atoms. The van der Waals surface area contributed by atoms with Crippen molar-refractivity contribution in [1.29, 1.82) is 0 Å². The van der Waals surface area contributed by atoms with Gasteiger partial charge in [-0.15, -0.1) is 10.2 Å². The molecule has 2 aromatic heterocycles. The first-order valence-corrected chi connectivity index (χ1v) is 8.79. The van der Waals surface area contributed by atoms with Crippen molar-refractivity contribution in [3.63, 3.8) is 0 Å². The van der Waals surface area contributed by atoms with Crippen molar-refractivity contribution in [3.8, 4) is 0 Å². The van der Waals surface area contributed by atoms with E-state index >= 15 is 0 Å². The number of aromatic nitrogens is 3. The summed E-state index contributed by atoms with van der Waals surface area (Å²) in [5.41, 5.74) is 1.17. The van der Waals surface area contributed by atoms with Crippen LogP contribution in [0.15, 0.2) is 42.6 Å². The predicted molar refractivity (Wildman–Crippen MR) is 98.0 cm³/mol. The lowest BCUT2D eigenvalue weighted by atomic mass is 9.97. The summed E-state index contributed by atoms with van der Waals surface area (Å²) in [5.74, 6) is -0.0312. The molecule has 1 aromatic carbocycles. The van der Waals surface area contributed by atoms with Crippen LogP contribution in [0.1, 0.15) is 12.8 Å². The Morgan fingerprint density at radius 1 is 1.27 bits per heavy atom. The van der Waals surface area contributed by atoms with Gasteiger partial charge < -0.3 is 10.2 Å². The number of piperidine rings is 1. The molecule has 1 amide bonds. The van der Waals surface area contributed by atoms with Gasteiger partial charge >= 0.3 is 0 Å². The molecule has 1 saturated heterocycles. The fourth-order valence-electron chi connectivity index (χ4n) is 3.25. The number of pyridine rings is 1. The Kier molecular flexibility index (Phi) is 4.46. The van der Waals surface area contributed by atoms with E-state index in [9.17, 15) is 9.18 Å². The van der Waals surface area contributed by atoms with Crippen molar-refractivity contribution in [2.45, 2.75) is 12.8 Å². The molecule has 4 rings (SSSR count). The number of fused-ring (bicyclic) bond motifs is 1. The number of nitrogens with zero attached hydrogens (tertiary/aromatic N) is 4. The summed E-state index contributed by atoms with van der Waals surface area (Å²) in [6.07, 6.45) is 3.40. The largest absolute Gasteiger partial charge is 0.340 e. The van der Waals surface area contributed by atoms with E-state index in [-0.39, 0.29) is 17.6 Å². The lowest BCUT2D eigenvalue weighted by Gasteiger charge is -2.32. The fourth-order valence-corrected chi connectivity index (χ4v) is 3.41. The molecule has 26 heavy (non-hydrogen) atoms. The Bertz CT molecular complexity index is 960. The Hall–Kier alpha value is -2.67. The maximum atomic E-state index is 13.3. The zero-order chi connectivity index (χ0) is 18.1. The molecular formula is C18H17ClFN5O. The average Bonchev–Trinajstić information content (AvgIpc) is 3.05. The summed E-state index contributed by atoms with van der Waals surface area (Å²) in [7, 11) is 0. The van der Waals surface area contributed by atoms with E-state index in [4.69, 9.17) is 11.6 Å². The van der Waals surface area contributed by atoms with Crippen molar-refractivity contribution in [2.75, 3.05) is 23.3 Å². The highest BCUT2D eigenvalue weighted by atomic mass is 35.5. The normalized spacial score (nSPS) is 17.5. The molecule has 3 aromatic rings. The van der Waals surface area contributed by atoms with Gasteiger partial charge in [0, 0.05) is 25.0 Å². The first-order chi connectivity index (χ1) is 12.6. The van der Waals surface area contributed by atoms with Crippen molar-refractivity contribution < 1.29 is 9.18 Å². The molecule has 1 aliphatic rings. The molecule has 134 valence electrons. The molecule has 6 nitrogen and oxygen atoms in total. The first kappa shape index (κ1) is 16.8. The maximum absolute atomic E-state index is 13.3. The number of anilines is 2. The second-order valence-electron chi connectivity index (χ2n) is 6.36. The van der Waals surface area contributed by atoms with E-state index in [2.05, 4.69) is 15.5 Å². The highest BCUT2D eigenvalue weighted by Crippen LogP contribution is 2.24. The lowest BCUT2D eigenvalue weighted by molar-refractivity contribution is -0.120. The van der Waals surface area contributed by atoms with E-state index in [1.807, 2.05) is 9.30 Å². The third-order valence-corrected chi connectivity index (χ3v) is 4.74. The molecule has 3 heterocycles. The molecule has 0 radical (unpaired) electrons. The Morgan fingerprint density at radius 3 is 3.00 bits per heavy atom. The molecule has 1 atom stereocenters. The molecule has 1 fully saturated rings. The van der Waals surface area contributed by atoms with Crippen LogP contribution in [-0.4, -0.2) is 33.6 Å². The van der Waals surface area contributed by atoms with E-state index in [0.29, 0.717) is 28.9 Å². The summed E-state index contributed by atoms with van der Waals surface area (Å²) in [6, 6.07) is 9.48. The van der Waals surface area contributed by atoms with Crippen LogP contribution in [0.2, 0.25) is 5.02 Å². The van der Waals surface area contributed by atoms with Gasteiger partial charge in [-0.2, -0.15) is 0 Å². The standard InChI is InChI=1S/C18H17ClFN5O/c19-13-6-7-16-22-23-18(25(16)11-13)24-8-2-3-12(10-24)17(26)21-15-5-1-4-14(20)9-15/h1,4-7,9,11-12H,2-3,8,10H2,(H,21,26)/t12-/m1/s1. The summed E-state index contributed by atoms with van der Waals surface area (Å²) in [5, 5.41) is 11.8.